The van der Waals surface area contributed by atoms with Gasteiger partial charge in [0, 0.05) is 29.0 Å². The zero-order valence-corrected chi connectivity index (χ0v) is 18.3. The third-order valence-electron chi connectivity index (χ3n) is 5.43. The molecule has 0 spiro atoms. The molecule has 10 heteroatoms. The number of hydrogen-bond donors (Lipinski definition) is 1. The van der Waals surface area contributed by atoms with Crippen molar-refractivity contribution < 1.29 is 12.8 Å². The number of nitrogens with zero attached hydrogens (tertiary/aromatic N) is 4. The molecule has 4 rings (SSSR count). The molecule has 1 aliphatic rings. The van der Waals surface area contributed by atoms with Crippen LogP contribution in [0.15, 0.2) is 53.9 Å². The highest BCUT2D eigenvalue weighted by atomic mass is 32.2. The topological polar surface area (TPSA) is 122 Å². The Kier molecular flexibility index (Phi) is 4.91. The van der Waals surface area contributed by atoms with E-state index in [0.29, 0.717) is 16.0 Å². The molecule has 7 nitrogen and oxygen atoms in total. The summed E-state index contributed by atoms with van der Waals surface area (Å²) in [5.41, 5.74) is 5.98. The SMILES string of the molecule is CC1(c2sc(-c3cncc(C#N)c3)cc2F)CS(=O)(=O)C(C)(c2ccccn2)C(N)=N1. The fourth-order valence-electron chi connectivity index (χ4n) is 3.64. The first-order valence-corrected chi connectivity index (χ1v) is 11.7. The number of thiophene rings is 1. The molecule has 2 unspecified atom stereocenters. The molecule has 2 atom stereocenters. The molecule has 1 aliphatic heterocycles. The Labute approximate surface area is 183 Å². The average molecular weight is 456 g/mol. The molecule has 0 saturated heterocycles. The molecule has 158 valence electrons. The van der Waals surface area contributed by atoms with Gasteiger partial charge in [-0.1, -0.05) is 6.07 Å². The van der Waals surface area contributed by atoms with Crippen LogP contribution in [0.3, 0.4) is 0 Å². The van der Waals surface area contributed by atoms with Crippen LogP contribution in [-0.2, 0) is 20.1 Å². The molecule has 4 heterocycles. The van der Waals surface area contributed by atoms with E-state index in [-0.39, 0.29) is 16.4 Å². The van der Waals surface area contributed by atoms with Crippen LogP contribution in [0.2, 0.25) is 0 Å². The Morgan fingerprint density at radius 1 is 1.26 bits per heavy atom. The summed E-state index contributed by atoms with van der Waals surface area (Å²) in [6, 6.07) is 9.83. The van der Waals surface area contributed by atoms with Crippen molar-refractivity contribution in [3.05, 3.63) is 70.9 Å². The summed E-state index contributed by atoms with van der Waals surface area (Å²) in [6.45, 7) is 3.02. The first kappa shape index (κ1) is 21.1. The van der Waals surface area contributed by atoms with Crippen molar-refractivity contribution in [3.63, 3.8) is 0 Å². The van der Waals surface area contributed by atoms with Crippen LogP contribution < -0.4 is 5.73 Å². The number of aromatic nitrogens is 2. The normalized spacial score (nSPS) is 24.9. The Morgan fingerprint density at radius 3 is 2.68 bits per heavy atom. The molecule has 0 aliphatic carbocycles. The molecule has 0 fully saturated rings. The van der Waals surface area contributed by atoms with Crippen molar-refractivity contribution in [1.29, 1.82) is 5.26 Å². The summed E-state index contributed by atoms with van der Waals surface area (Å²) in [5.74, 6) is -1.15. The largest absolute Gasteiger partial charge is 0.386 e. The maximum absolute atomic E-state index is 15.0. The van der Waals surface area contributed by atoms with E-state index in [1.54, 1.807) is 31.2 Å². The summed E-state index contributed by atoms with van der Waals surface area (Å²) < 4.78 is 40.2. The molecule has 2 N–H and O–H groups in total. The van der Waals surface area contributed by atoms with E-state index < -0.39 is 31.7 Å². The van der Waals surface area contributed by atoms with Crippen LogP contribution in [0.5, 0.6) is 0 Å². The second-order valence-electron chi connectivity index (χ2n) is 7.64. The van der Waals surface area contributed by atoms with Crippen molar-refractivity contribution >= 4 is 27.0 Å². The Bertz CT molecular complexity index is 1350. The van der Waals surface area contributed by atoms with Crippen LogP contribution in [0, 0.1) is 17.1 Å². The summed E-state index contributed by atoms with van der Waals surface area (Å²) >= 11 is 1.07. The van der Waals surface area contributed by atoms with Gasteiger partial charge < -0.3 is 5.73 Å². The van der Waals surface area contributed by atoms with Crippen molar-refractivity contribution in [2.75, 3.05) is 5.75 Å². The van der Waals surface area contributed by atoms with Gasteiger partial charge in [0.1, 0.15) is 23.3 Å². The van der Waals surface area contributed by atoms with Gasteiger partial charge in [0.05, 0.1) is 21.9 Å². The molecule has 0 amide bonds. The number of halogens is 1. The van der Waals surface area contributed by atoms with Gasteiger partial charge in [-0.3, -0.25) is 15.0 Å². The zero-order valence-electron chi connectivity index (χ0n) is 16.7. The minimum atomic E-state index is -3.90. The standard InChI is InChI=1S/C21H18FN5O2S2/c1-20(18-15(22)8-16(30-18)14-7-13(9-23)10-25-11-14)12-31(28,29)21(2,19(24)27-20)17-5-3-4-6-26-17/h3-8,10-11H,12H2,1-2H3,(H2,24,27). The predicted octanol–water partition coefficient (Wildman–Crippen LogP) is 3.13. The molecule has 0 bridgehead atoms. The van der Waals surface area contributed by atoms with Gasteiger partial charge in [-0.2, -0.15) is 5.26 Å². The fourth-order valence-corrected chi connectivity index (χ4v) is 6.88. The number of pyridine rings is 2. The highest BCUT2D eigenvalue weighted by Gasteiger charge is 2.54. The van der Waals surface area contributed by atoms with Crippen molar-refractivity contribution in [1.82, 2.24) is 9.97 Å². The number of rotatable bonds is 3. The second kappa shape index (κ2) is 7.21. The zero-order chi connectivity index (χ0) is 22.4. The van der Waals surface area contributed by atoms with Crippen LogP contribution >= 0.6 is 11.3 Å². The molecule has 31 heavy (non-hydrogen) atoms. The highest BCUT2D eigenvalue weighted by Crippen LogP contribution is 2.45. The van der Waals surface area contributed by atoms with Gasteiger partial charge in [0.25, 0.3) is 0 Å². The number of aliphatic imine (C=N–C) groups is 1. The average Bonchev–Trinajstić information content (AvgIpc) is 3.15. The van der Waals surface area contributed by atoms with Crippen molar-refractivity contribution in [2.24, 2.45) is 10.7 Å². The van der Waals surface area contributed by atoms with Gasteiger partial charge in [0.2, 0.25) is 0 Å². The van der Waals surface area contributed by atoms with E-state index >= 15 is 4.39 Å². The van der Waals surface area contributed by atoms with E-state index in [9.17, 15) is 8.42 Å². The lowest BCUT2D eigenvalue weighted by Crippen LogP contribution is -2.54. The van der Waals surface area contributed by atoms with Gasteiger partial charge in [-0.25, -0.2) is 12.8 Å². The predicted molar refractivity (Wildman–Crippen MR) is 117 cm³/mol. The molecule has 3 aromatic rings. The van der Waals surface area contributed by atoms with Crippen LogP contribution in [-0.4, -0.2) is 30.0 Å². The minimum absolute atomic E-state index is 0.137. The third kappa shape index (κ3) is 3.30. The van der Waals surface area contributed by atoms with Gasteiger partial charge in [-0.15, -0.1) is 11.3 Å². The number of hydrogen-bond acceptors (Lipinski definition) is 8. The highest BCUT2D eigenvalue weighted by molar-refractivity contribution is 7.93. The van der Waals surface area contributed by atoms with E-state index in [0.717, 1.165) is 11.3 Å². The maximum Gasteiger partial charge on any atom is 0.171 e. The number of sulfone groups is 1. The second-order valence-corrected chi connectivity index (χ2v) is 11.0. The lowest BCUT2D eigenvalue weighted by molar-refractivity contribution is 0.482. The quantitative estimate of drug-likeness (QED) is 0.647. The summed E-state index contributed by atoms with van der Waals surface area (Å²) in [4.78, 5) is 13.3. The van der Waals surface area contributed by atoms with Crippen LogP contribution in [0.1, 0.15) is 30.0 Å². The number of nitriles is 1. The molecular formula is C21H18FN5O2S2. The summed E-state index contributed by atoms with van der Waals surface area (Å²) in [7, 11) is -3.90. The van der Waals surface area contributed by atoms with E-state index in [1.165, 1.54) is 31.6 Å². The summed E-state index contributed by atoms with van der Waals surface area (Å²) in [6.07, 6.45) is 4.42. The lowest BCUT2D eigenvalue weighted by atomic mass is 9.99. The lowest BCUT2D eigenvalue weighted by Gasteiger charge is -2.38. The Balaban J connectivity index is 1.83. The maximum atomic E-state index is 15.0. The van der Waals surface area contributed by atoms with E-state index in [1.807, 2.05) is 6.07 Å². The van der Waals surface area contributed by atoms with Gasteiger partial charge in [-0.05, 0) is 38.1 Å². The molecule has 0 radical (unpaired) electrons. The fraction of sp³-hybridized carbons (Fsp3) is 0.238. The Hall–Kier alpha value is -3.16. The minimum Gasteiger partial charge on any atom is -0.386 e. The number of nitrogens with two attached hydrogens (primary N) is 1. The summed E-state index contributed by atoms with van der Waals surface area (Å²) in [5, 5.41) is 9.08. The van der Waals surface area contributed by atoms with E-state index in [4.69, 9.17) is 11.0 Å². The first-order valence-electron chi connectivity index (χ1n) is 9.26. The van der Waals surface area contributed by atoms with Crippen LogP contribution in [0.4, 0.5) is 4.39 Å². The van der Waals surface area contributed by atoms with Crippen LogP contribution in [0.25, 0.3) is 10.4 Å². The molecule has 3 aromatic heterocycles. The Morgan fingerprint density at radius 2 is 2.03 bits per heavy atom. The molecule has 0 saturated carbocycles. The number of amidine groups is 1. The van der Waals surface area contributed by atoms with Crippen molar-refractivity contribution in [3.8, 4) is 16.5 Å². The first-order chi connectivity index (χ1) is 14.6. The smallest absolute Gasteiger partial charge is 0.171 e. The van der Waals surface area contributed by atoms with Gasteiger partial charge >= 0.3 is 0 Å². The van der Waals surface area contributed by atoms with E-state index in [2.05, 4.69) is 15.0 Å². The van der Waals surface area contributed by atoms with Crippen molar-refractivity contribution in [2.45, 2.75) is 24.1 Å². The monoisotopic (exact) mass is 455 g/mol. The van der Waals surface area contributed by atoms with Gasteiger partial charge in [0.15, 0.2) is 14.6 Å². The third-order valence-corrected chi connectivity index (χ3v) is 9.45. The molecular weight excluding hydrogens is 437 g/mol. The molecule has 0 aromatic carbocycles.